The molecule has 0 unspecified atom stereocenters. The van der Waals surface area contributed by atoms with Crippen molar-refractivity contribution in [3.63, 3.8) is 0 Å². The average Bonchev–Trinajstić information content (AvgIpc) is 3.08. The number of hydrogen-bond acceptors (Lipinski definition) is 5. The van der Waals surface area contributed by atoms with Gasteiger partial charge in [-0.2, -0.15) is 9.19 Å². The van der Waals surface area contributed by atoms with E-state index in [1.54, 1.807) is 6.20 Å². The van der Waals surface area contributed by atoms with Crippen LogP contribution >= 0.6 is 0 Å². The van der Waals surface area contributed by atoms with Crippen molar-refractivity contribution in [2.45, 2.75) is 44.5 Å². The van der Waals surface area contributed by atoms with Crippen molar-refractivity contribution in [1.29, 1.82) is 0 Å². The zero-order valence-corrected chi connectivity index (χ0v) is 16.3. The molecule has 1 saturated carbocycles. The third-order valence-electron chi connectivity index (χ3n) is 6.23. The Bertz CT molecular complexity index is 1030. The number of fused-ring (bicyclic) bond motifs is 1. The van der Waals surface area contributed by atoms with Crippen molar-refractivity contribution in [2.24, 2.45) is 5.41 Å². The van der Waals surface area contributed by atoms with Gasteiger partial charge in [-0.15, -0.1) is 0 Å². The normalized spacial score (nSPS) is 26.5. The Labute approximate surface area is 162 Å². The Hall–Kier alpha value is -1.84. The van der Waals surface area contributed by atoms with Crippen LogP contribution in [-0.4, -0.2) is 41.4 Å². The van der Waals surface area contributed by atoms with Crippen molar-refractivity contribution in [3.05, 3.63) is 52.9 Å². The molecule has 2 aromatic rings. The smallest absolute Gasteiger partial charge is 0.250 e. The molecule has 150 valence electrons. The van der Waals surface area contributed by atoms with Gasteiger partial charge in [0.25, 0.3) is 10.0 Å². The molecule has 1 saturated heterocycles. The molecule has 3 heterocycles. The monoisotopic (exact) mass is 409 g/mol. The fourth-order valence-corrected chi connectivity index (χ4v) is 5.16. The second-order valence-corrected chi connectivity index (χ2v) is 10.1. The summed E-state index contributed by atoms with van der Waals surface area (Å²) in [4.78, 5) is 2.24. The summed E-state index contributed by atoms with van der Waals surface area (Å²) >= 11 is 0. The van der Waals surface area contributed by atoms with E-state index in [0.29, 0.717) is 25.3 Å². The molecule has 0 bridgehead atoms. The third kappa shape index (κ3) is 2.96. The molecule has 1 aromatic heterocycles. The van der Waals surface area contributed by atoms with E-state index in [2.05, 4.69) is 10.00 Å². The van der Waals surface area contributed by atoms with Crippen LogP contribution in [0.3, 0.4) is 0 Å². The fraction of sp³-hybridized carbons (Fsp3) is 0.526. The first-order chi connectivity index (χ1) is 13.2. The molecule has 6 nitrogen and oxygen atoms in total. The molecule has 9 heteroatoms. The van der Waals surface area contributed by atoms with Gasteiger partial charge in [-0.25, -0.2) is 17.2 Å². The van der Waals surface area contributed by atoms with Gasteiger partial charge < -0.3 is 4.74 Å². The van der Waals surface area contributed by atoms with Crippen LogP contribution in [0.2, 0.25) is 0 Å². The molecule has 5 rings (SSSR count). The molecule has 1 aliphatic carbocycles. The predicted molar refractivity (Wildman–Crippen MR) is 96.8 cm³/mol. The van der Waals surface area contributed by atoms with Crippen molar-refractivity contribution < 1.29 is 21.9 Å². The highest BCUT2D eigenvalue weighted by Crippen LogP contribution is 2.62. The van der Waals surface area contributed by atoms with E-state index in [1.165, 1.54) is 6.07 Å². The van der Waals surface area contributed by atoms with Crippen LogP contribution in [0.4, 0.5) is 8.78 Å². The Morgan fingerprint density at radius 1 is 1.25 bits per heavy atom. The van der Waals surface area contributed by atoms with Crippen LogP contribution in [0, 0.1) is 17.0 Å². The maximum atomic E-state index is 14.3. The third-order valence-corrected chi connectivity index (χ3v) is 7.09. The Balaban J connectivity index is 1.32. The SMILES string of the molecule is CS(=O)(=O)n1cc2c(n1)CN([C@H]1CO[C@H](c3cc(F)ccc3F)C3(CC3)C1)C2. The molecule has 0 amide bonds. The quantitative estimate of drug-likeness (QED) is 0.780. The zero-order valence-electron chi connectivity index (χ0n) is 15.4. The Morgan fingerprint density at radius 2 is 2.04 bits per heavy atom. The molecule has 2 fully saturated rings. The molecule has 2 atom stereocenters. The van der Waals surface area contributed by atoms with Gasteiger partial charge >= 0.3 is 0 Å². The predicted octanol–water partition coefficient (Wildman–Crippen LogP) is 2.60. The molecular formula is C19H21F2N3O3S. The van der Waals surface area contributed by atoms with Gasteiger partial charge in [0, 0.05) is 41.9 Å². The van der Waals surface area contributed by atoms with Gasteiger partial charge in [0.2, 0.25) is 0 Å². The number of aromatic nitrogens is 2. The number of ether oxygens (including phenoxy) is 1. The minimum atomic E-state index is -3.38. The number of nitrogens with zero attached hydrogens (tertiary/aromatic N) is 3. The lowest BCUT2D eigenvalue weighted by Crippen LogP contribution is -2.43. The van der Waals surface area contributed by atoms with Gasteiger partial charge in [-0.1, -0.05) is 0 Å². The minimum Gasteiger partial charge on any atom is -0.371 e. The summed E-state index contributed by atoms with van der Waals surface area (Å²) in [6.07, 6.45) is 5.01. The van der Waals surface area contributed by atoms with E-state index in [1.807, 2.05) is 0 Å². The van der Waals surface area contributed by atoms with Gasteiger partial charge in [0.1, 0.15) is 11.6 Å². The van der Waals surface area contributed by atoms with Gasteiger partial charge in [-0.05, 0) is 37.5 Å². The number of halogens is 2. The number of hydrogen-bond donors (Lipinski definition) is 0. The summed E-state index contributed by atoms with van der Waals surface area (Å²) in [6.45, 7) is 1.62. The average molecular weight is 409 g/mol. The van der Waals surface area contributed by atoms with Crippen LogP contribution in [0.5, 0.6) is 0 Å². The molecule has 0 N–H and O–H groups in total. The largest absolute Gasteiger partial charge is 0.371 e. The van der Waals surface area contributed by atoms with Crippen molar-refractivity contribution in [2.75, 3.05) is 12.9 Å². The zero-order chi connectivity index (χ0) is 19.7. The molecular weight excluding hydrogens is 388 g/mol. The molecule has 0 radical (unpaired) electrons. The Kier molecular flexibility index (Phi) is 3.95. The lowest BCUT2D eigenvalue weighted by Gasteiger charge is -2.40. The standard InChI is InChI=1S/C19H21F2N3O3S/c1-28(25,26)24-9-12-8-23(10-17(12)22-24)14-7-19(4-5-19)18(27-11-14)15-6-13(20)2-3-16(15)21/h2-3,6,9,14,18H,4-5,7-8,10-11H2,1H3/t14-,18-/m1/s1. The second-order valence-electron chi connectivity index (χ2n) is 8.24. The lowest BCUT2D eigenvalue weighted by molar-refractivity contribution is -0.0882. The van der Waals surface area contributed by atoms with E-state index < -0.39 is 27.8 Å². The summed E-state index contributed by atoms with van der Waals surface area (Å²) in [5.74, 6) is -0.877. The lowest BCUT2D eigenvalue weighted by atomic mass is 9.84. The van der Waals surface area contributed by atoms with Crippen LogP contribution in [0.1, 0.15) is 42.2 Å². The van der Waals surface area contributed by atoms with Gasteiger partial charge in [0.15, 0.2) is 0 Å². The molecule has 1 aromatic carbocycles. The van der Waals surface area contributed by atoms with E-state index in [9.17, 15) is 17.2 Å². The molecule has 28 heavy (non-hydrogen) atoms. The first-order valence-electron chi connectivity index (χ1n) is 9.34. The summed E-state index contributed by atoms with van der Waals surface area (Å²) in [5, 5.41) is 4.20. The highest BCUT2D eigenvalue weighted by Gasteiger charge is 2.56. The van der Waals surface area contributed by atoms with Crippen molar-refractivity contribution in [3.8, 4) is 0 Å². The second kappa shape index (κ2) is 6.08. The molecule has 1 spiro atoms. The highest BCUT2D eigenvalue weighted by atomic mass is 32.2. The van der Waals surface area contributed by atoms with Crippen LogP contribution in [-0.2, 0) is 27.8 Å². The van der Waals surface area contributed by atoms with E-state index in [0.717, 1.165) is 53.0 Å². The van der Waals surface area contributed by atoms with Crippen molar-refractivity contribution >= 4 is 10.0 Å². The number of benzene rings is 1. The molecule has 3 aliphatic rings. The Morgan fingerprint density at radius 3 is 2.71 bits per heavy atom. The van der Waals surface area contributed by atoms with Crippen LogP contribution in [0.15, 0.2) is 24.4 Å². The van der Waals surface area contributed by atoms with E-state index >= 15 is 0 Å². The van der Waals surface area contributed by atoms with E-state index in [4.69, 9.17) is 4.74 Å². The maximum Gasteiger partial charge on any atom is 0.250 e. The minimum absolute atomic E-state index is 0.149. The van der Waals surface area contributed by atoms with Crippen LogP contribution in [0.25, 0.3) is 0 Å². The summed E-state index contributed by atoms with van der Waals surface area (Å²) < 4.78 is 58.3. The highest BCUT2D eigenvalue weighted by molar-refractivity contribution is 7.89. The summed E-state index contributed by atoms with van der Waals surface area (Å²) in [6, 6.07) is 3.69. The summed E-state index contributed by atoms with van der Waals surface area (Å²) in [5.41, 5.74) is 1.84. The van der Waals surface area contributed by atoms with E-state index in [-0.39, 0.29) is 11.5 Å². The maximum absolute atomic E-state index is 14.3. The first-order valence-corrected chi connectivity index (χ1v) is 11.2. The van der Waals surface area contributed by atoms with Crippen LogP contribution < -0.4 is 0 Å². The topological polar surface area (TPSA) is 64.4 Å². The van der Waals surface area contributed by atoms with Crippen molar-refractivity contribution in [1.82, 2.24) is 14.1 Å². The first kappa shape index (κ1) is 18.2. The number of rotatable bonds is 3. The fourth-order valence-electron chi connectivity index (χ4n) is 4.60. The van der Waals surface area contributed by atoms with Gasteiger partial charge in [-0.3, -0.25) is 4.90 Å². The molecule has 2 aliphatic heterocycles. The summed E-state index contributed by atoms with van der Waals surface area (Å²) in [7, 11) is -3.38. The van der Waals surface area contributed by atoms with Gasteiger partial charge in [0.05, 0.1) is 24.7 Å².